The third-order valence-corrected chi connectivity index (χ3v) is 2.23. The number of carbonyl (C=O) groups excluding carboxylic acids is 1. The van der Waals surface area contributed by atoms with Gasteiger partial charge in [-0.3, -0.25) is 4.79 Å². The third kappa shape index (κ3) is 3.28. The Morgan fingerprint density at radius 3 is 2.62 bits per heavy atom. The summed E-state index contributed by atoms with van der Waals surface area (Å²) in [6.07, 6.45) is -0.111. The summed E-state index contributed by atoms with van der Waals surface area (Å²) < 4.78 is 5.04. The Bertz CT molecular complexity index is 392. The summed E-state index contributed by atoms with van der Waals surface area (Å²) in [6.45, 7) is 1.87. The van der Waals surface area contributed by atoms with Gasteiger partial charge in [0.1, 0.15) is 12.2 Å². The average Bonchev–Trinajstić information content (AvgIpc) is 2.29. The first kappa shape index (κ1) is 12.1. The lowest BCUT2D eigenvalue weighted by molar-refractivity contribution is -0.120. The molecule has 0 radical (unpaired) electrons. The quantitative estimate of drug-likeness (QED) is 0.838. The maximum atomic E-state index is 11.2. The first-order chi connectivity index (χ1) is 7.67. The summed E-state index contributed by atoms with van der Waals surface area (Å²) in [5, 5.41) is 11.1. The summed E-state index contributed by atoms with van der Waals surface area (Å²) >= 11 is 0. The standard InChI is InChI=1S/C12H14N2O2/c1-9(14-12(15)7-8-13)10-3-5-11(16-2)6-4-10/h3-6,9H,7H2,1-2H3,(H,14,15). The van der Waals surface area contributed by atoms with E-state index in [0.717, 1.165) is 11.3 Å². The highest BCUT2D eigenvalue weighted by molar-refractivity contribution is 5.78. The lowest BCUT2D eigenvalue weighted by Crippen LogP contribution is -2.25. The van der Waals surface area contributed by atoms with E-state index in [1.54, 1.807) is 7.11 Å². The normalized spacial score (nSPS) is 11.3. The molecular formula is C12H14N2O2. The molecule has 1 N–H and O–H groups in total. The predicted molar refractivity (Wildman–Crippen MR) is 59.8 cm³/mol. The van der Waals surface area contributed by atoms with Crippen molar-refractivity contribution in [3.63, 3.8) is 0 Å². The summed E-state index contributed by atoms with van der Waals surface area (Å²) in [4.78, 5) is 11.2. The van der Waals surface area contributed by atoms with E-state index in [-0.39, 0.29) is 18.4 Å². The van der Waals surface area contributed by atoms with Crippen LogP contribution in [0.15, 0.2) is 24.3 Å². The molecule has 84 valence electrons. The van der Waals surface area contributed by atoms with Crippen molar-refractivity contribution < 1.29 is 9.53 Å². The molecule has 4 nitrogen and oxygen atoms in total. The number of hydrogen-bond acceptors (Lipinski definition) is 3. The Kier molecular flexibility index (Phi) is 4.34. The molecule has 4 heteroatoms. The van der Waals surface area contributed by atoms with Crippen LogP contribution in [-0.2, 0) is 4.79 Å². The number of nitriles is 1. The van der Waals surface area contributed by atoms with Gasteiger partial charge >= 0.3 is 0 Å². The van der Waals surface area contributed by atoms with Crippen molar-refractivity contribution in [1.82, 2.24) is 5.32 Å². The van der Waals surface area contributed by atoms with E-state index in [2.05, 4.69) is 5.32 Å². The molecule has 0 heterocycles. The molecule has 0 aliphatic rings. The molecule has 0 spiro atoms. The van der Waals surface area contributed by atoms with Crippen LogP contribution in [0.4, 0.5) is 0 Å². The summed E-state index contributed by atoms with van der Waals surface area (Å²) in [5.41, 5.74) is 0.979. The molecule has 1 aromatic carbocycles. The SMILES string of the molecule is COc1ccc(C(C)NC(=O)CC#N)cc1. The highest BCUT2D eigenvalue weighted by Gasteiger charge is 2.08. The van der Waals surface area contributed by atoms with Crippen LogP contribution in [0.2, 0.25) is 0 Å². The van der Waals surface area contributed by atoms with E-state index < -0.39 is 0 Å². The van der Waals surface area contributed by atoms with Gasteiger partial charge in [0, 0.05) is 0 Å². The number of ether oxygens (including phenoxy) is 1. The second kappa shape index (κ2) is 5.76. The van der Waals surface area contributed by atoms with Crippen LogP contribution in [-0.4, -0.2) is 13.0 Å². The van der Waals surface area contributed by atoms with Crippen LogP contribution in [0.1, 0.15) is 24.9 Å². The van der Waals surface area contributed by atoms with Crippen molar-refractivity contribution in [3.8, 4) is 11.8 Å². The monoisotopic (exact) mass is 218 g/mol. The molecule has 1 amide bonds. The van der Waals surface area contributed by atoms with Gasteiger partial charge in [-0.2, -0.15) is 5.26 Å². The van der Waals surface area contributed by atoms with Crippen molar-refractivity contribution in [2.45, 2.75) is 19.4 Å². The summed E-state index contributed by atoms with van der Waals surface area (Å²) in [7, 11) is 1.60. The molecule has 0 saturated heterocycles. The number of benzene rings is 1. The van der Waals surface area contributed by atoms with Gasteiger partial charge in [0.15, 0.2) is 0 Å². The first-order valence-corrected chi connectivity index (χ1v) is 4.97. The Morgan fingerprint density at radius 1 is 1.50 bits per heavy atom. The number of hydrogen-bond donors (Lipinski definition) is 1. The third-order valence-electron chi connectivity index (χ3n) is 2.23. The molecule has 1 rings (SSSR count). The fourth-order valence-corrected chi connectivity index (χ4v) is 1.34. The molecule has 0 aliphatic carbocycles. The predicted octanol–water partition coefficient (Wildman–Crippen LogP) is 1.79. The average molecular weight is 218 g/mol. The molecule has 0 aromatic heterocycles. The largest absolute Gasteiger partial charge is 0.497 e. The fraction of sp³-hybridized carbons (Fsp3) is 0.333. The van der Waals surface area contributed by atoms with E-state index in [1.807, 2.05) is 37.3 Å². The van der Waals surface area contributed by atoms with Crippen LogP contribution in [0.3, 0.4) is 0 Å². The smallest absolute Gasteiger partial charge is 0.234 e. The maximum absolute atomic E-state index is 11.2. The topological polar surface area (TPSA) is 62.1 Å². The second-order valence-corrected chi connectivity index (χ2v) is 3.40. The van der Waals surface area contributed by atoms with Crippen LogP contribution in [0.5, 0.6) is 5.75 Å². The van der Waals surface area contributed by atoms with Gasteiger partial charge in [-0.25, -0.2) is 0 Å². The van der Waals surface area contributed by atoms with Gasteiger partial charge in [-0.05, 0) is 24.6 Å². The molecular weight excluding hydrogens is 204 g/mol. The molecule has 0 fully saturated rings. The summed E-state index contributed by atoms with van der Waals surface area (Å²) in [6, 6.07) is 9.15. The van der Waals surface area contributed by atoms with Gasteiger partial charge in [0.2, 0.25) is 5.91 Å². The Balaban J connectivity index is 2.62. The van der Waals surface area contributed by atoms with Crippen molar-refractivity contribution in [3.05, 3.63) is 29.8 Å². The van der Waals surface area contributed by atoms with E-state index in [0.29, 0.717) is 0 Å². The molecule has 0 saturated carbocycles. The van der Waals surface area contributed by atoms with E-state index in [1.165, 1.54) is 0 Å². The van der Waals surface area contributed by atoms with Gasteiger partial charge in [-0.15, -0.1) is 0 Å². The van der Waals surface area contributed by atoms with Crippen LogP contribution < -0.4 is 10.1 Å². The fourth-order valence-electron chi connectivity index (χ4n) is 1.34. The maximum Gasteiger partial charge on any atom is 0.234 e. The lowest BCUT2D eigenvalue weighted by Gasteiger charge is -2.13. The number of amides is 1. The van der Waals surface area contributed by atoms with Crippen LogP contribution in [0, 0.1) is 11.3 Å². The molecule has 16 heavy (non-hydrogen) atoms. The summed E-state index contributed by atoms with van der Waals surface area (Å²) in [5.74, 6) is 0.519. The van der Waals surface area contributed by atoms with Gasteiger partial charge < -0.3 is 10.1 Å². The highest BCUT2D eigenvalue weighted by atomic mass is 16.5. The van der Waals surface area contributed by atoms with Crippen molar-refractivity contribution >= 4 is 5.91 Å². The van der Waals surface area contributed by atoms with Crippen molar-refractivity contribution in [1.29, 1.82) is 5.26 Å². The first-order valence-electron chi connectivity index (χ1n) is 4.97. The van der Waals surface area contributed by atoms with Crippen LogP contribution >= 0.6 is 0 Å². The molecule has 1 aromatic rings. The molecule has 0 bridgehead atoms. The number of carbonyl (C=O) groups is 1. The van der Waals surface area contributed by atoms with Gasteiger partial charge in [0.05, 0.1) is 19.2 Å². The lowest BCUT2D eigenvalue weighted by atomic mass is 10.1. The van der Waals surface area contributed by atoms with E-state index in [9.17, 15) is 4.79 Å². The number of nitrogens with zero attached hydrogens (tertiary/aromatic N) is 1. The molecule has 1 unspecified atom stereocenters. The molecule has 0 aliphatic heterocycles. The second-order valence-electron chi connectivity index (χ2n) is 3.40. The number of methoxy groups -OCH3 is 1. The Morgan fingerprint density at radius 2 is 2.12 bits per heavy atom. The molecule has 1 atom stereocenters. The Labute approximate surface area is 94.8 Å². The van der Waals surface area contributed by atoms with Gasteiger partial charge in [0.25, 0.3) is 0 Å². The van der Waals surface area contributed by atoms with Crippen LogP contribution in [0.25, 0.3) is 0 Å². The van der Waals surface area contributed by atoms with Crippen molar-refractivity contribution in [2.24, 2.45) is 0 Å². The zero-order valence-corrected chi connectivity index (χ0v) is 9.36. The number of nitrogens with one attached hydrogen (secondary N) is 1. The van der Waals surface area contributed by atoms with Gasteiger partial charge in [-0.1, -0.05) is 12.1 Å². The Hall–Kier alpha value is -2.02. The highest BCUT2D eigenvalue weighted by Crippen LogP contribution is 2.17. The minimum Gasteiger partial charge on any atom is -0.497 e. The van der Waals surface area contributed by atoms with Crippen molar-refractivity contribution in [2.75, 3.05) is 7.11 Å². The van der Waals surface area contributed by atoms with E-state index in [4.69, 9.17) is 10.00 Å². The number of rotatable bonds is 4. The minimum atomic E-state index is -0.259. The zero-order chi connectivity index (χ0) is 12.0. The minimum absolute atomic E-state index is 0.105. The van der Waals surface area contributed by atoms with E-state index >= 15 is 0 Å². The zero-order valence-electron chi connectivity index (χ0n) is 9.36.